The molecule has 0 aliphatic heterocycles. The molecule has 1 atom stereocenters. The monoisotopic (exact) mass is 568 g/mol. The summed E-state index contributed by atoms with van der Waals surface area (Å²) in [5.74, 6) is -0.416. The number of nitrogens with one attached hydrogen (secondary N) is 1. The molecule has 0 spiro atoms. The summed E-state index contributed by atoms with van der Waals surface area (Å²) in [6, 6.07) is 18.7. The minimum atomic E-state index is -3.95. The molecule has 0 fully saturated rings. The number of aryl methyl sites for hydroxylation is 1. The third kappa shape index (κ3) is 6.80. The number of hydrogen-bond donors (Lipinski definition) is 1. The summed E-state index contributed by atoms with van der Waals surface area (Å²) in [7, 11) is -3.95. The Kier molecular flexibility index (Phi) is 8.59. The maximum Gasteiger partial charge on any atom is 0.243 e. The van der Waals surface area contributed by atoms with Crippen molar-refractivity contribution in [1.82, 2.24) is 9.62 Å². The molecule has 9 heteroatoms. The van der Waals surface area contributed by atoms with Gasteiger partial charge in [-0.15, -0.1) is 0 Å². The molecule has 0 saturated heterocycles. The summed E-state index contributed by atoms with van der Waals surface area (Å²) in [5, 5.41) is 3.56. The Labute approximate surface area is 212 Å². The van der Waals surface area contributed by atoms with Crippen molar-refractivity contribution in [1.29, 1.82) is 0 Å². The van der Waals surface area contributed by atoms with Crippen molar-refractivity contribution >= 4 is 55.1 Å². The first-order valence-corrected chi connectivity index (χ1v) is 13.1. The Bertz CT molecular complexity index is 1230. The van der Waals surface area contributed by atoms with Gasteiger partial charge in [0.05, 0.1) is 27.5 Å². The number of carbonyl (C=O) groups excluding carboxylic acids is 1. The van der Waals surface area contributed by atoms with Gasteiger partial charge in [0.25, 0.3) is 0 Å². The summed E-state index contributed by atoms with van der Waals surface area (Å²) in [6.07, 6.45) is 0. The molecule has 0 heterocycles. The van der Waals surface area contributed by atoms with Crippen LogP contribution in [0.1, 0.15) is 29.7 Å². The van der Waals surface area contributed by atoms with E-state index in [4.69, 9.17) is 23.2 Å². The molecule has 1 N–H and O–H groups in total. The maximum atomic E-state index is 13.4. The first kappa shape index (κ1) is 25.7. The van der Waals surface area contributed by atoms with Crippen LogP contribution in [0.3, 0.4) is 0 Å². The maximum absolute atomic E-state index is 13.4. The van der Waals surface area contributed by atoms with Crippen LogP contribution in [0.2, 0.25) is 10.0 Å². The Hall–Kier alpha value is -1.90. The van der Waals surface area contributed by atoms with Gasteiger partial charge in [-0.3, -0.25) is 4.79 Å². The minimum absolute atomic E-state index is 0.0345. The fourth-order valence-corrected chi connectivity index (χ4v) is 5.18. The molecular formula is C24H23BrCl2N2O3S. The van der Waals surface area contributed by atoms with Crippen LogP contribution in [0.4, 0.5) is 0 Å². The fraction of sp³-hybridized carbons (Fsp3) is 0.208. The van der Waals surface area contributed by atoms with Crippen LogP contribution in [0.15, 0.2) is 76.1 Å². The summed E-state index contributed by atoms with van der Waals surface area (Å²) >= 11 is 15.5. The lowest BCUT2D eigenvalue weighted by Crippen LogP contribution is -2.41. The molecule has 3 aromatic carbocycles. The van der Waals surface area contributed by atoms with Gasteiger partial charge in [0.2, 0.25) is 15.9 Å². The van der Waals surface area contributed by atoms with Gasteiger partial charge in [0, 0.05) is 11.0 Å². The zero-order valence-electron chi connectivity index (χ0n) is 18.1. The van der Waals surface area contributed by atoms with Crippen molar-refractivity contribution < 1.29 is 13.2 Å². The molecule has 174 valence electrons. The van der Waals surface area contributed by atoms with Gasteiger partial charge < -0.3 is 5.32 Å². The SMILES string of the molecule is Cc1ccc(S(=O)(=O)N(CC(=O)N[C@H](C)c2ccc(Br)cc2)Cc2ccc(Cl)c(Cl)c2)cc1. The zero-order chi connectivity index (χ0) is 24.2. The fourth-order valence-electron chi connectivity index (χ4n) is 3.21. The highest BCUT2D eigenvalue weighted by Gasteiger charge is 2.27. The van der Waals surface area contributed by atoms with E-state index in [9.17, 15) is 13.2 Å². The number of sulfonamides is 1. The Morgan fingerprint density at radius 1 is 1.00 bits per heavy atom. The number of amides is 1. The molecule has 5 nitrogen and oxygen atoms in total. The van der Waals surface area contributed by atoms with E-state index in [0.29, 0.717) is 15.6 Å². The van der Waals surface area contributed by atoms with Crippen LogP contribution in [-0.4, -0.2) is 25.2 Å². The van der Waals surface area contributed by atoms with Crippen LogP contribution < -0.4 is 5.32 Å². The first-order valence-electron chi connectivity index (χ1n) is 10.1. The standard InChI is InChI=1S/C24H23BrCl2N2O3S/c1-16-3-10-21(11-4-16)33(31,32)29(14-18-5-12-22(26)23(27)13-18)15-24(30)28-17(2)19-6-8-20(25)9-7-19/h3-13,17H,14-15H2,1-2H3,(H,28,30)/t17-/m1/s1. The largest absolute Gasteiger partial charge is 0.348 e. The van der Waals surface area contributed by atoms with Crippen molar-refractivity contribution in [3.05, 3.63) is 97.9 Å². The van der Waals surface area contributed by atoms with E-state index >= 15 is 0 Å². The van der Waals surface area contributed by atoms with Gasteiger partial charge in [-0.25, -0.2) is 8.42 Å². The van der Waals surface area contributed by atoms with Gasteiger partial charge in [-0.1, -0.05) is 75.0 Å². The van der Waals surface area contributed by atoms with E-state index < -0.39 is 15.9 Å². The highest BCUT2D eigenvalue weighted by atomic mass is 79.9. The average molecular weight is 570 g/mol. The van der Waals surface area contributed by atoms with Crippen molar-refractivity contribution in [2.24, 2.45) is 0 Å². The highest BCUT2D eigenvalue weighted by molar-refractivity contribution is 9.10. The molecular weight excluding hydrogens is 547 g/mol. The Morgan fingerprint density at radius 2 is 1.64 bits per heavy atom. The number of hydrogen-bond acceptors (Lipinski definition) is 3. The second-order valence-corrected chi connectivity index (χ2v) is 11.3. The lowest BCUT2D eigenvalue weighted by Gasteiger charge is -2.23. The smallest absolute Gasteiger partial charge is 0.243 e. The van der Waals surface area contributed by atoms with E-state index in [2.05, 4.69) is 21.2 Å². The van der Waals surface area contributed by atoms with Crippen LogP contribution in [0, 0.1) is 6.92 Å². The summed E-state index contributed by atoms with van der Waals surface area (Å²) in [5.41, 5.74) is 2.46. The van der Waals surface area contributed by atoms with E-state index in [1.807, 2.05) is 38.1 Å². The lowest BCUT2D eigenvalue weighted by molar-refractivity contribution is -0.122. The van der Waals surface area contributed by atoms with Crippen LogP contribution in [0.5, 0.6) is 0 Å². The molecule has 33 heavy (non-hydrogen) atoms. The van der Waals surface area contributed by atoms with Crippen LogP contribution >= 0.6 is 39.1 Å². The van der Waals surface area contributed by atoms with E-state index in [0.717, 1.165) is 19.9 Å². The molecule has 0 aromatic heterocycles. The van der Waals surface area contributed by atoms with Gasteiger partial charge in [0.1, 0.15) is 0 Å². The normalized spacial score (nSPS) is 12.5. The third-order valence-corrected chi connectivity index (χ3v) is 8.14. The number of benzene rings is 3. The van der Waals surface area contributed by atoms with Crippen molar-refractivity contribution in [2.75, 3.05) is 6.54 Å². The summed E-state index contributed by atoms with van der Waals surface area (Å²) in [4.78, 5) is 13.0. The van der Waals surface area contributed by atoms with Crippen molar-refractivity contribution in [3.8, 4) is 0 Å². The molecule has 1 amide bonds. The molecule has 3 aromatic rings. The second kappa shape index (κ2) is 11.0. The topological polar surface area (TPSA) is 66.5 Å². The quantitative estimate of drug-likeness (QED) is 0.355. The van der Waals surface area contributed by atoms with E-state index in [-0.39, 0.29) is 24.0 Å². The average Bonchev–Trinajstić information content (AvgIpc) is 2.76. The van der Waals surface area contributed by atoms with Gasteiger partial charge >= 0.3 is 0 Å². The third-order valence-electron chi connectivity index (χ3n) is 5.07. The van der Waals surface area contributed by atoms with Gasteiger partial charge in [-0.2, -0.15) is 4.31 Å². The number of nitrogens with zero attached hydrogens (tertiary/aromatic N) is 1. The second-order valence-electron chi connectivity index (χ2n) is 7.68. The first-order chi connectivity index (χ1) is 15.6. The summed E-state index contributed by atoms with van der Waals surface area (Å²) in [6.45, 7) is 3.34. The molecule has 0 bridgehead atoms. The summed E-state index contributed by atoms with van der Waals surface area (Å²) < 4.78 is 28.9. The van der Waals surface area contributed by atoms with Crippen molar-refractivity contribution in [2.45, 2.75) is 31.3 Å². The van der Waals surface area contributed by atoms with Crippen LogP contribution in [0.25, 0.3) is 0 Å². The molecule has 3 rings (SSSR count). The predicted octanol–water partition coefficient (Wildman–Crippen LogP) is 6.13. The number of halogens is 3. The molecule has 0 radical (unpaired) electrons. The number of carbonyl (C=O) groups is 1. The minimum Gasteiger partial charge on any atom is -0.348 e. The highest BCUT2D eigenvalue weighted by Crippen LogP contribution is 2.25. The van der Waals surface area contributed by atoms with Gasteiger partial charge in [-0.05, 0) is 61.4 Å². The molecule has 0 unspecified atom stereocenters. The van der Waals surface area contributed by atoms with E-state index in [1.165, 1.54) is 12.1 Å². The molecule has 0 aliphatic carbocycles. The van der Waals surface area contributed by atoms with E-state index in [1.54, 1.807) is 30.3 Å². The lowest BCUT2D eigenvalue weighted by atomic mass is 10.1. The zero-order valence-corrected chi connectivity index (χ0v) is 22.0. The van der Waals surface area contributed by atoms with Gasteiger partial charge in [0.15, 0.2) is 0 Å². The van der Waals surface area contributed by atoms with Crippen LogP contribution in [-0.2, 0) is 21.4 Å². The number of rotatable bonds is 8. The van der Waals surface area contributed by atoms with Crippen molar-refractivity contribution in [3.63, 3.8) is 0 Å². The predicted molar refractivity (Wildman–Crippen MR) is 136 cm³/mol. The molecule has 0 saturated carbocycles. The Morgan fingerprint density at radius 3 is 2.24 bits per heavy atom. The Balaban J connectivity index is 1.85. The molecule has 0 aliphatic rings.